The lowest BCUT2D eigenvalue weighted by molar-refractivity contribution is -0.314. The fraction of sp³-hybridized carbons (Fsp3) is 0.471. The minimum Gasteiger partial charge on any atom is -0.550 e. The van der Waals surface area contributed by atoms with E-state index in [9.17, 15) is 19.5 Å². The lowest BCUT2D eigenvalue weighted by Gasteiger charge is -2.31. The van der Waals surface area contributed by atoms with Crippen LogP contribution in [0.1, 0.15) is 31.2 Å². The van der Waals surface area contributed by atoms with Crippen molar-refractivity contribution in [2.75, 3.05) is 6.61 Å². The number of carboxylic acids is 1. The molecule has 1 aromatic carbocycles. The molecule has 0 aliphatic heterocycles. The van der Waals surface area contributed by atoms with Gasteiger partial charge in [0.15, 0.2) is 6.61 Å². The molecule has 1 saturated carbocycles. The first-order chi connectivity index (χ1) is 11.5. The van der Waals surface area contributed by atoms with E-state index in [1.54, 1.807) is 12.1 Å². The number of rotatable bonds is 5. The number of carboxylic acid groups (broad SMARTS) is 1. The van der Waals surface area contributed by atoms with E-state index in [1.165, 1.54) is 0 Å². The number of hydrogen-bond donors (Lipinski definition) is 2. The summed E-state index contributed by atoms with van der Waals surface area (Å²) < 4.78 is 5.37. The maximum atomic E-state index is 12.1. The Bertz CT molecular complexity index is 617. The van der Waals surface area contributed by atoms with Gasteiger partial charge >= 0.3 is 0 Å². The third-order valence-electron chi connectivity index (χ3n) is 4.18. The molecule has 2 atom stereocenters. The third-order valence-corrected chi connectivity index (χ3v) is 4.18. The molecule has 0 unspecified atom stereocenters. The van der Waals surface area contributed by atoms with Crippen LogP contribution in [0.15, 0.2) is 24.3 Å². The molecule has 2 rings (SSSR count). The van der Waals surface area contributed by atoms with Crippen LogP contribution in [0.4, 0.5) is 0 Å². The average molecular weight is 333 g/mol. The lowest BCUT2D eigenvalue weighted by Crippen LogP contribution is -2.50. The molecule has 1 aromatic rings. The Hall–Kier alpha value is -2.57. The number of aryl methyl sites for hydroxylation is 1. The summed E-state index contributed by atoms with van der Waals surface area (Å²) in [6.45, 7) is 1.61. The van der Waals surface area contributed by atoms with Crippen molar-refractivity contribution in [1.29, 1.82) is 0 Å². The van der Waals surface area contributed by atoms with Crippen molar-refractivity contribution >= 4 is 17.8 Å². The predicted molar refractivity (Wildman–Crippen MR) is 83.4 cm³/mol. The first kappa shape index (κ1) is 17.8. The average Bonchev–Trinajstić information content (AvgIpc) is 2.59. The molecule has 0 saturated heterocycles. The van der Waals surface area contributed by atoms with Crippen LogP contribution >= 0.6 is 0 Å². The van der Waals surface area contributed by atoms with E-state index >= 15 is 0 Å². The summed E-state index contributed by atoms with van der Waals surface area (Å²) in [5, 5.41) is 11.1. The summed E-state index contributed by atoms with van der Waals surface area (Å²) in [5.74, 6) is -3.15. The van der Waals surface area contributed by atoms with E-state index in [1.807, 2.05) is 19.1 Å². The summed E-state index contributed by atoms with van der Waals surface area (Å²) in [5.41, 5.74) is 5.43. The molecule has 130 valence electrons. The zero-order chi connectivity index (χ0) is 17.5. The molecule has 0 bridgehead atoms. The lowest BCUT2D eigenvalue weighted by atomic mass is 9.79. The maximum absolute atomic E-state index is 12.1. The smallest absolute Gasteiger partial charge is 0.276 e. The van der Waals surface area contributed by atoms with E-state index in [2.05, 4.69) is 10.9 Å². The summed E-state index contributed by atoms with van der Waals surface area (Å²) >= 11 is 0. The van der Waals surface area contributed by atoms with E-state index in [0.29, 0.717) is 18.6 Å². The van der Waals surface area contributed by atoms with Crippen molar-refractivity contribution in [3.63, 3.8) is 0 Å². The van der Waals surface area contributed by atoms with Gasteiger partial charge in [0.05, 0.1) is 0 Å². The molecule has 0 aromatic heterocycles. The van der Waals surface area contributed by atoms with Gasteiger partial charge in [-0.05, 0) is 31.4 Å². The van der Waals surface area contributed by atoms with E-state index in [-0.39, 0.29) is 6.61 Å². The number of ether oxygens (including phenoxy) is 1. The largest absolute Gasteiger partial charge is 0.550 e. The molecule has 7 nitrogen and oxygen atoms in total. The molecule has 2 amide bonds. The highest BCUT2D eigenvalue weighted by Crippen LogP contribution is 2.29. The van der Waals surface area contributed by atoms with Crippen LogP contribution in [-0.4, -0.2) is 24.4 Å². The fourth-order valence-corrected chi connectivity index (χ4v) is 2.85. The van der Waals surface area contributed by atoms with Gasteiger partial charge in [-0.2, -0.15) is 0 Å². The zero-order valence-electron chi connectivity index (χ0n) is 13.5. The number of hydrazine groups is 1. The summed E-state index contributed by atoms with van der Waals surface area (Å²) in [7, 11) is 0. The third kappa shape index (κ3) is 4.71. The second kappa shape index (κ2) is 8.33. The van der Waals surface area contributed by atoms with Gasteiger partial charge in [-0.3, -0.25) is 20.4 Å². The first-order valence-electron chi connectivity index (χ1n) is 7.97. The van der Waals surface area contributed by atoms with Crippen LogP contribution in [0.2, 0.25) is 0 Å². The molecule has 1 aliphatic carbocycles. The number of aliphatic carboxylic acids is 1. The van der Waals surface area contributed by atoms with Gasteiger partial charge in [0.2, 0.25) is 5.91 Å². The van der Waals surface area contributed by atoms with Gasteiger partial charge in [0.25, 0.3) is 5.91 Å². The second-order valence-electron chi connectivity index (χ2n) is 5.91. The molecule has 2 N–H and O–H groups in total. The topological polar surface area (TPSA) is 108 Å². The van der Waals surface area contributed by atoms with Crippen molar-refractivity contribution in [3.05, 3.63) is 29.8 Å². The number of benzene rings is 1. The molecular formula is C17H21N2O5-. The molecule has 7 heteroatoms. The molecule has 0 radical (unpaired) electrons. The van der Waals surface area contributed by atoms with Crippen LogP contribution in [-0.2, 0) is 14.4 Å². The summed E-state index contributed by atoms with van der Waals surface area (Å²) in [4.78, 5) is 34.9. The van der Waals surface area contributed by atoms with E-state index < -0.39 is 29.6 Å². The van der Waals surface area contributed by atoms with Gasteiger partial charge in [-0.25, -0.2) is 0 Å². The van der Waals surface area contributed by atoms with Crippen molar-refractivity contribution in [2.24, 2.45) is 11.8 Å². The monoisotopic (exact) mass is 333 g/mol. The van der Waals surface area contributed by atoms with Crippen molar-refractivity contribution in [1.82, 2.24) is 10.9 Å². The van der Waals surface area contributed by atoms with Crippen LogP contribution in [0.5, 0.6) is 5.75 Å². The minimum absolute atomic E-state index is 0.250. The Morgan fingerprint density at radius 3 is 2.46 bits per heavy atom. The Kier molecular flexibility index (Phi) is 6.17. The number of carbonyl (C=O) groups excluding carboxylic acids is 3. The van der Waals surface area contributed by atoms with Gasteiger partial charge < -0.3 is 14.6 Å². The number of nitrogens with one attached hydrogen (secondary N) is 2. The molecule has 1 aliphatic rings. The van der Waals surface area contributed by atoms with Gasteiger partial charge in [-0.15, -0.1) is 0 Å². The number of amides is 2. The highest BCUT2D eigenvalue weighted by atomic mass is 16.5. The van der Waals surface area contributed by atoms with E-state index in [4.69, 9.17) is 4.74 Å². The Morgan fingerprint density at radius 1 is 1.12 bits per heavy atom. The van der Waals surface area contributed by atoms with Crippen LogP contribution in [0.3, 0.4) is 0 Å². The first-order valence-corrected chi connectivity index (χ1v) is 7.97. The van der Waals surface area contributed by atoms with Crippen LogP contribution in [0.25, 0.3) is 0 Å². The Morgan fingerprint density at radius 2 is 1.79 bits per heavy atom. The number of hydrogen-bond acceptors (Lipinski definition) is 5. The fourth-order valence-electron chi connectivity index (χ4n) is 2.85. The summed E-state index contributed by atoms with van der Waals surface area (Å²) in [6.07, 6.45) is 2.44. The van der Waals surface area contributed by atoms with Gasteiger partial charge in [-0.1, -0.05) is 31.0 Å². The molecule has 0 heterocycles. The normalized spacial score (nSPS) is 20.0. The van der Waals surface area contributed by atoms with E-state index in [0.717, 1.165) is 18.4 Å². The standard InChI is InChI=1S/C17H22N2O5/c1-11-6-2-5-9-14(11)24-10-15(20)18-19-16(21)12-7-3-4-8-13(12)17(22)23/h2,5-6,9,12-13H,3-4,7-8,10H2,1H3,(H,18,20)(H,19,21)(H,22,23)/p-1/t12-,13-/m0/s1. The number of para-hydroxylation sites is 1. The molecular weight excluding hydrogens is 312 g/mol. The zero-order valence-corrected chi connectivity index (χ0v) is 13.5. The Balaban J connectivity index is 1.79. The minimum atomic E-state index is -1.22. The Labute approximate surface area is 140 Å². The van der Waals surface area contributed by atoms with Crippen molar-refractivity contribution in [2.45, 2.75) is 32.6 Å². The van der Waals surface area contributed by atoms with Crippen LogP contribution in [0, 0.1) is 18.8 Å². The molecule has 24 heavy (non-hydrogen) atoms. The predicted octanol–water partition coefficient (Wildman–Crippen LogP) is 0.0775. The maximum Gasteiger partial charge on any atom is 0.276 e. The molecule has 1 fully saturated rings. The highest BCUT2D eigenvalue weighted by molar-refractivity contribution is 5.87. The second-order valence-corrected chi connectivity index (χ2v) is 5.91. The van der Waals surface area contributed by atoms with Crippen molar-refractivity contribution in [3.8, 4) is 5.75 Å². The molecule has 0 spiro atoms. The highest BCUT2D eigenvalue weighted by Gasteiger charge is 2.31. The number of carbonyl (C=O) groups is 3. The SMILES string of the molecule is Cc1ccccc1OCC(=O)NNC(=O)[C@H]1CCCC[C@@H]1C(=O)[O-]. The van der Waals surface area contributed by atoms with Crippen molar-refractivity contribution < 1.29 is 24.2 Å². The quantitative estimate of drug-likeness (QED) is 0.742. The van der Waals surface area contributed by atoms with Crippen LogP contribution < -0.4 is 20.7 Å². The summed E-state index contributed by atoms with van der Waals surface area (Å²) in [6, 6.07) is 7.26. The van der Waals surface area contributed by atoms with Gasteiger partial charge in [0, 0.05) is 17.8 Å². The van der Waals surface area contributed by atoms with Gasteiger partial charge in [0.1, 0.15) is 5.75 Å².